The van der Waals surface area contributed by atoms with E-state index in [4.69, 9.17) is 4.74 Å². The van der Waals surface area contributed by atoms with Crippen LogP contribution in [0.1, 0.15) is 25.1 Å². The topological polar surface area (TPSA) is 47.0 Å². The van der Waals surface area contributed by atoms with Crippen LogP contribution in [0.2, 0.25) is 0 Å². The molecule has 0 unspecified atom stereocenters. The van der Waals surface area contributed by atoms with E-state index in [9.17, 15) is 0 Å². The molecule has 0 bridgehead atoms. The van der Waals surface area contributed by atoms with E-state index in [0.29, 0.717) is 11.8 Å². The lowest BCUT2D eigenvalue weighted by molar-refractivity contribution is 0.403. The average Bonchev–Trinajstić information content (AvgIpc) is 2.78. The molecule has 17 heavy (non-hydrogen) atoms. The van der Waals surface area contributed by atoms with Gasteiger partial charge in [0.15, 0.2) is 0 Å². The second kappa shape index (κ2) is 5.31. The molecule has 0 saturated heterocycles. The van der Waals surface area contributed by atoms with Crippen molar-refractivity contribution in [2.24, 2.45) is 0 Å². The standard InChI is InChI=1S/C12H17N3OS/c1-4-6-13-12-14-10(16-3)9-7-8(5-2)17-11(9)15-12/h7H,4-6H2,1-3H3,(H,13,14,15). The first-order chi connectivity index (χ1) is 8.28. The third-order valence-corrected chi connectivity index (χ3v) is 3.66. The second-order valence-electron chi connectivity index (χ2n) is 3.77. The largest absolute Gasteiger partial charge is 0.480 e. The second-order valence-corrected chi connectivity index (χ2v) is 4.88. The van der Waals surface area contributed by atoms with E-state index >= 15 is 0 Å². The molecule has 0 aromatic carbocycles. The number of hydrogen-bond acceptors (Lipinski definition) is 5. The van der Waals surface area contributed by atoms with Gasteiger partial charge in [0.2, 0.25) is 11.8 Å². The number of hydrogen-bond donors (Lipinski definition) is 1. The number of thiophene rings is 1. The number of rotatable bonds is 5. The molecule has 0 amide bonds. The molecule has 92 valence electrons. The Labute approximate surface area is 105 Å². The summed E-state index contributed by atoms with van der Waals surface area (Å²) in [7, 11) is 1.65. The highest BCUT2D eigenvalue weighted by Crippen LogP contribution is 2.31. The summed E-state index contributed by atoms with van der Waals surface area (Å²) < 4.78 is 5.32. The molecule has 0 saturated carbocycles. The lowest BCUT2D eigenvalue weighted by atomic mass is 10.3. The van der Waals surface area contributed by atoms with Crippen molar-refractivity contribution >= 4 is 27.5 Å². The Morgan fingerprint density at radius 2 is 2.18 bits per heavy atom. The fraction of sp³-hybridized carbons (Fsp3) is 0.500. The number of ether oxygens (including phenoxy) is 1. The fourth-order valence-corrected chi connectivity index (χ4v) is 2.55. The molecule has 5 heteroatoms. The minimum Gasteiger partial charge on any atom is -0.480 e. The molecule has 0 spiro atoms. The molecule has 2 aromatic rings. The summed E-state index contributed by atoms with van der Waals surface area (Å²) >= 11 is 1.70. The Morgan fingerprint density at radius 1 is 1.35 bits per heavy atom. The third-order valence-electron chi connectivity index (χ3n) is 2.48. The van der Waals surface area contributed by atoms with Crippen molar-refractivity contribution in [3.8, 4) is 5.88 Å². The molecule has 2 aromatic heterocycles. The first-order valence-electron chi connectivity index (χ1n) is 5.86. The van der Waals surface area contributed by atoms with Gasteiger partial charge in [0.1, 0.15) is 4.83 Å². The zero-order valence-corrected chi connectivity index (χ0v) is 11.2. The smallest absolute Gasteiger partial charge is 0.227 e. The van der Waals surface area contributed by atoms with E-state index in [2.05, 4.69) is 35.2 Å². The minimum absolute atomic E-state index is 0.653. The molecular weight excluding hydrogens is 234 g/mol. The summed E-state index contributed by atoms with van der Waals surface area (Å²) in [5, 5.41) is 4.20. The first kappa shape index (κ1) is 12.1. The van der Waals surface area contributed by atoms with Crippen molar-refractivity contribution in [2.75, 3.05) is 19.0 Å². The van der Waals surface area contributed by atoms with Gasteiger partial charge < -0.3 is 10.1 Å². The van der Waals surface area contributed by atoms with Crippen LogP contribution in [0.25, 0.3) is 10.2 Å². The Bertz CT molecular complexity index is 510. The average molecular weight is 251 g/mol. The zero-order valence-electron chi connectivity index (χ0n) is 10.4. The Kier molecular flexibility index (Phi) is 3.78. The maximum Gasteiger partial charge on any atom is 0.227 e. The molecule has 0 fully saturated rings. The van der Waals surface area contributed by atoms with E-state index in [-0.39, 0.29) is 0 Å². The molecule has 1 N–H and O–H groups in total. The van der Waals surface area contributed by atoms with Gasteiger partial charge in [-0.15, -0.1) is 11.3 Å². The summed E-state index contributed by atoms with van der Waals surface area (Å²) in [6, 6.07) is 2.11. The number of fused-ring (bicyclic) bond motifs is 1. The number of methoxy groups -OCH3 is 1. The van der Waals surface area contributed by atoms with Crippen molar-refractivity contribution in [3.63, 3.8) is 0 Å². The van der Waals surface area contributed by atoms with E-state index in [0.717, 1.165) is 29.6 Å². The van der Waals surface area contributed by atoms with E-state index in [1.165, 1.54) is 4.88 Å². The number of nitrogens with zero attached hydrogens (tertiary/aromatic N) is 2. The van der Waals surface area contributed by atoms with Crippen molar-refractivity contribution in [3.05, 3.63) is 10.9 Å². The Morgan fingerprint density at radius 3 is 2.82 bits per heavy atom. The van der Waals surface area contributed by atoms with Crippen LogP contribution in [0, 0.1) is 0 Å². The monoisotopic (exact) mass is 251 g/mol. The Balaban J connectivity index is 2.44. The summed E-state index contributed by atoms with van der Waals surface area (Å²) in [6.07, 6.45) is 2.07. The maximum absolute atomic E-state index is 5.32. The van der Waals surface area contributed by atoms with Crippen molar-refractivity contribution < 1.29 is 4.74 Å². The summed E-state index contributed by atoms with van der Waals surface area (Å²) in [5.41, 5.74) is 0. The van der Waals surface area contributed by atoms with Gasteiger partial charge in [-0.05, 0) is 18.9 Å². The van der Waals surface area contributed by atoms with Gasteiger partial charge in [-0.3, -0.25) is 0 Å². The van der Waals surface area contributed by atoms with Crippen LogP contribution >= 0.6 is 11.3 Å². The summed E-state index contributed by atoms with van der Waals surface area (Å²) in [6.45, 7) is 5.13. The highest BCUT2D eigenvalue weighted by Gasteiger charge is 2.11. The molecule has 2 rings (SSSR count). The lowest BCUT2D eigenvalue weighted by Gasteiger charge is -2.05. The van der Waals surface area contributed by atoms with Crippen molar-refractivity contribution in [2.45, 2.75) is 26.7 Å². The van der Waals surface area contributed by atoms with Crippen LogP contribution in [-0.2, 0) is 6.42 Å². The lowest BCUT2D eigenvalue weighted by Crippen LogP contribution is -2.04. The van der Waals surface area contributed by atoms with Crippen LogP contribution in [-0.4, -0.2) is 23.6 Å². The molecule has 0 aliphatic rings. The van der Waals surface area contributed by atoms with Gasteiger partial charge in [0.25, 0.3) is 0 Å². The number of aromatic nitrogens is 2. The van der Waals surface area contributed by atoms with Crippen LogP contribution in [0.3, 0.4) is 0 Å². The molecule has 0 radical (unpaired) electrons. The van der Waals surface area contributed by atoms with Gasteiger partial charge in [-0.25, -0.2) is 4.98 Å². The molecule has 4 nitrogen and oxygen atoms in total. The van der Waals surface area contributed by atoms with Gasteiger partial charge in [-0.1, -0.05) is 13.8 Å². The number of aryl methyl sites for hydroxylation is 1. The summed E-state index contributed by atoms with van der Waals surface area (Å²) in [4.78, 5) is 11.2. The van der Waals surface area contributed by atoms with Gasteiger partial charge >= 0.3 is 0 Å². The van der Waals surface area contributed by atoms with E-state index < -0.39 is 0 Å². The molecule has 0 aliphatic heterocycles. The normalized spacial score (nSPS) is 10.8. The molecule has 0 aliphatic carbocycles. The van der Waals surface area contributed by atoms with Crippen molar-refractivity contribution in [1.29, 1.82) is 0 Å². The first-order valence-corrected chi connectivity index (χ1v) is 6.68. The predicted octanol–water partition coefficient (Wildman–Crippen LogP) is 3.08. The summed E-state index contributed by atoms with van der Waals surface area (Å²) in [5.74, 6) is 1.31. The molecular formula is C12H17N3OS. The molecule has 2 heterocycles. The zero-order chi connectivity index (χ0) is 12.3. The highest BCUT2D eigenvalue weighted by molar-refractivity contribution is 7.18. The fourth-order valence-electron chi connectivity index (χ4n) is 1.59. The van der Waals surface area contributed by atoms with Crippen molar-refractivity contribution in [1.82, 2.24) is 9.97 Å². The number of anilines is 1. The third kappa shape index (κ3) is 2.49. The maximum atomic E-state index is 5.32. The van der Waals surface area contributed by atoms with Crippen LogP contribution < -0.4 is 10.1 Å². The SMILES string of the molecule is CCCNc1nc(OC)c2cc(CC)sc2n1. The van der Waals surface area contributed by atoms with Crippen LogP contribution in [0.5, 0.6) is 5.88 Å². The van der Waals surface area contributed by atoms with Crippen LogP contribution in [0.15, 0.2) is 6.07 Å². The van der Waals surface area contributed by atoms with E-state index in [1.54, 1.807) is 18.4 Å². The number of nitrogens with one attached hydrogen (secondary N) is 1. The van der Waals surface area contributed by atoms with Gasteiger partial charge in [-0.2, -0.15) is 4.98 Å². The predicted molar refractivity (Wildman–Crippen MR) is 72.1 cm³/mol. The Hall–Kier alpha value is -1.36. The van der Waals surface area contributed by atoms with Crippen LogP contribution in [0.4, 0.5) is 5.95 Å². The minimum atomic E-state index is 0.653. The van der Waals surface area contributed by atoms with Gasteiger partial charge in [0, 0.05) is 11.4 Å². The highest BCUT2D eigenvalue weighted by atomic mass is 32.1. The molecule has 0 atom stereocenters. The van der Waals surface area contributed by atoms with E-state index in [1.807, 2.05) is 0 Å². The quantitative estimate of drug-likeness (QED) is 0.887. The van der Waals surface area contributed by atoms with Gasteiger partial charge in [0.05, 0.1) is 12.5 Å².